The van der Waals surface area contributed by atoms with Gasteiger partial charge in [-0.1, -0.05) is 12.1 Å². The molecule has 158 valence electrons. The zero-order valence-electron chi connectivity index (χ0n) is 16.9. The number of aromatic nitrogens is 2. The van der Waals surface area contributed by atoms with Crippen LogP contribution in [0.5, 0.6) is 5.75 Å². The number of phenols is 1. The van der Waals surface area contributed by atoms with E-state index in [1.807, 2.05) is 24.3 Å². The van der Waals surface area contributed by atoms with Crippen LogP contribution in [0.3, 0.4) is 0 Å². The first-order valence-electron chi connectivity index (χ1n) is 10.5. The molecule has 2 heterocycles. The van der Waals surface area contributed by atoms with E-state index in [2.05, 4.69) is 25.7 Å². The van der Waals surface area contributed by atoms with Crippen LogP contribution in [0, 0.1) is 0 Å². The first-order chi connectivity index (χ1) is 15.1. The average Bonchev–Trinajstić information content (AvgIpc) is 3.44. The monoisotopic (exact) mass is 417 g/mol. The molecule has 4 N–H and O–H groups in total. The smallest absolute Gasteiger partial charge is 0.253 e. The summed E-state index contributed by atoms with van der Waals surface area (Å²) in [4.78, 5) is 26.5. The Labute approximate surface area is 178 Å². The van der Waals surface area contributed by atoms with E-state index < -0.39 is 10.9 Å². The lowest BCUT2D eigenvalue weighted by atomic mass is 10.1. The van der Waals surface area contributed by atoms with Crippen molar-refractivity contribution in [3.05, 3.63) is 68.5 Å². The number of phenolic OH excluding ortho intramolecular Hbond substituents is 1. The number of benzene rings is 2. The predicted molar refractivity (Wildman–Crippen MR) is 122 cm³/mol. The van der Waals surface area contributed by atoms with Crippen LogP contribution >= 0.6 is 0 Å². The lowest BCUT2D eigenvalue weighted by Crippen LogP contribution is -2.37. The maximum Gasteiger partial charge on any atom is 0.253 e. The fourth-order valence-corrected chi connectivity index (χ4v) is 4.12. The second-order valence-electron chi connectivity index (χ2n) is 7.88. The van der Waals surface area contributed by atoms with E-state index in [1.54, 1.807) is 18.2 Å². The van der Waals surface area contributed by atoms with Crippen LogP contribution in [0.15, 0.2) is 52.1 Å². The van der Waals surface area contributed by atoms with E-state index in [0.717, 1.165) is 53.9 Å². The first-order valence-corrected chi connectivity index (χ1v) is 10.5. The summed E-state index contributed by atoms with van der Waals surface area (Å²) in [6.45, 7) is 2.45. The standard InChI is InChI=1S/C23H23N5O3/c29-16-5-3-4-14(12-16)8-9-24-19-20(22(31)21(19)30)25-15-6-7-18-17(13-15)23(27-26-18)28-10-1-2-11-28/h3-7,12-13,24-25,29H,1-2,8-11H2,(H,26,27). The highest BCUT2D eigenvalue weighted by molar-refractivity contribution is 5.94. The second kappa shape index (κ2) is 7.79. The Balaban J connectivity index is 1.33. The van der Waals surface area contributed by atoms with Crippen molar-refractivity contribution in [3.8, 4) is 5.75 Å². The fraction of sp³-hybridized carbons (Fsp3) is 0.261. The second-order valence-corrected chi connectivity index (χ2v) is 7.88. The van der Waals surface area contributed by atoms with E-state index in [0.29, 0.717) is 18.7 Å². The van der Waals surface area contributed by atoms with Crippen molar-refractivity contribution < 1.29 is 5.11 Å². The lowest BCUT2D eigenvalue weighted by molar-refractivity contribution is 0.474. The van der Waals surface area contributed by atoms with E-state index in [9.17, 15) is 14.7 Å². The van der Waals surface area contributed by atoms with Crippen LogP contribution in [-0.4, -0.2) is 34.9 Å². The average molecular weight is 417 g/mol. The summed E-state index contributed by atoms with van der Waals surface area (Å²) in [5.74, 6) is 1.13. The van der Waals surface area contributed by atoms with Gasteiger partial charge in [-0.05, 0) is 55.2 Å². The Morgan fingerprint density at radius 3 is 2.65 bits per heavy atom. The van der Waals surface area contributed by atoms with E-state index >= 15 is 0 Å². The van der Waals surface area contributed by atoms with Crippen molar-refractivity contribution in [2.45, 2.75) is 19.3 Å². The van der Waals surface area contributed by atoms with Gasteiger partial charge in [-0.3, -0.25) is 14.7 Å². The topological polar surface area (TPSA) is 110 Å². The number of rotatable bonds is 7. The van der Waals surface area contributed by atoms with E-state index in [1.165, 1.54) is 0 Å². The third kappa shape index (κ3) is 3.61. The van der Waals surface area contributed by atoms with Gasteiger partial charge in [0.2, 0.25) is 0 Å². The Morgan fingerprint density at radius 2 is 1.84 bits per heavy atom. The van der Waals surface area contributed by atoms with Crippen LogP contribution in [0.2, 0.25) is 0 Å². The van der Waals surface area contributed by atoms with Gasteiger partial charge in [0.1, 0.15) is 17.1 Å². The minimum atomic E-state index is -0.521. The van der Waals surface area contributed by atoms with Gasteiger partial charge >= 0.3 is 0 Å². The van der Waals surface area contributed by atoms with Crippen LogP contribution in [0.4, 0.5) is 22.9 Å². The zero-order chi connectivity index (χ0) is 21.4. The maximum absolute atomic E-state index is 12.2. The highest BCUT2D eigenvalue weighted by Crippen LogP contribution is 2.30. The van der Waals surface area contributed by atoms with Crippen molar-refractivity contribution in [1.29, 1.82) is 0 Å². The number of anilines is 4. The van der Waals surface area contributed by atoms with E-state index in [-0.39, 0.29) is 11.4 Å². The molecular formula is C23H23N5O3. The van der Waals surface area contributed by atoms with Gasteiger partial charge in [0, 0.05) is 30.7 Å². The van der Waals surface area contributed by atoms with Crippen molar-refractivity contribution in [1.82, 2.24) is 10.2 Å². The molecule has 5 rings (SSSR count). The van der Waals surface area contributed by atoms with Crippen molar-refractivity contribution in [3.63, 3.8) is 0 Å². The first kappa shape index (κ1) is 19.2. The van der Waals surface area contributed by atoms with Gasteiger partial charge in [-0.15, -0.1) is 0 Å². The number of hydrogen-bond acceptors (Lipinski definition) is 7. The molecule has 0 saturated carbocycles. The Bertz CT molecular complexity index is 1310. The lowest BCUT2D eigenvalue weighted by Gasteiger charge is -2.16. The summed E-state index contributed by atoms with van der Waals surface area (Å²) in [7, 11) is 0. The molecule has 0 unspecified atom stereocenters. The van der Waals surface area contributed by atoms with Gasteiger partial charge in [0.25, 0.3) is 10.9 Å². The predicted octanol–water partition coefficient (Wildman–Crippen LogP) is 2.86. The van der Waals surface area contributed by atoms with E-state index in [4.69, 9.17) is 0 Å². The minimum absolute atomic E-state index is 0.205. The SMILES string of the molecule is O=c1c(NCCc2cccc(O)c2)c(Nc2ccc3[nH]nc(N4CCCC4)c3c2)c1=O. The number of fused-ring (bicyclic) bond motifs is 1. The number of aromatic hydroxyl groups is 1. The highest BCUT2D eigenvalue weighted by Gasteiger charge is 2.22. The molecule has 0 bridgehead atoms. The van der Waals surface area contributed by atoms with Crippen molar-refractivity contribution >= 4 is 33.8 Å². The summed E-state index contributed by atoms with van der Waals surface area (Å²) >= 11 is 0. The molecule has 1 aromatic heterocycles. The number of nitrogens with zero attached hydrogens (tertiary/aromatic N) is 2. The summed E-state index contributed by atoms with van der Waals surface area (Å²) in [5.41, 5.74) is 2.16. The largest absolute Gasteiger partial charge is 0.508 e. The van der Waals surface area contributed by atoms with Crippen LogP contribution in [0.1, 0.15) is 18.4 Å². The van der Waals surface area contributed by atoms with Crippen molar-refractivity contribution in [2.75, 3.05) is 35.2 Å². The number of aromatic amines is 1. The van der Waals surface area contributed by atoms with Crippen LogP contribution in [-0.2, 0) is 6.42 Å². The van der Waals surface area contributed by atoms with Gasteiger partial charge in [0.05, 0.1) is 5.52 Å². The zero-order valence-corrected chi connectivity index (χ0v) is 16.9. The molecule has 4 aromatic rings. The van der Waals surface area contributed by atoms with Crippen LogP contribution in [0.25, 0.3) is 10.9 Å². The molecule has 8 heteroatoms. The molecule has 8 nitrogen and oxygen atoms in total. The Hall–Kier alpha value is -3.81. The normalized spacial score (nSPS) is 13.9. The third-order valence-electron chi connectivity index (χ3n) is 5.75. The summed E-state index contributed by atoms with van der Waals surface area (Å²) in [5, 5.41) is 24.3. The van der Waals surface area contributed by atoms with Gasteiger partial charge in [-0.2, -0.15) is 5.10 Å². The van der Waals surface area contributed by atoms with Gasteiger partial charge < -0.3 is 20.6 Å². The molecule has 0 spiro atoms. The minimum Gasteiger partial charge on any atom is -0.508 e. The van der Waals surface area contributed by atoms with Crippen molar-refractivity contribution in [2.24, 2.45) is 0 Å². The summed E-state index contributed by atoms with van der Waals surface area (Å²) in [6, 6.07) is 12.7. The fourth-order valence-electron chi connectivity index (χ4n) is 4.12. The quantitative estimate of drug-likeness (QED) is 0.342. The van der Waals surface area contributed by atoms with Gasteiger partial charge in [0.15, 0.2) is 5.82 Å². The number of hydrogen-bond donors (Lipinski definition) is 4. The Kier molecular flexibility index (Phi) is 4.82. The molecule has 31 heavy (non-hydrogen) atoms. The van der Waals surface area contributed by atoms with Gasteiger partial charge in [-0.25, -0.2) is 0 Å². The molecule has 0 amide bonds. The van der Waals surface area contributed by atoms with Crippen LogP contribution < -0.4 is 26.4 Å². The maximum atomic E-state index is 12.2. The molecule has 1 aliphatic heterocycles. The molecule has 1 aliphatic rings. The number of nitrogens with one attached hydrogen (secondary N) is 3. The molecule has 0 radical (unpaired) electrons. The summed E-state index contributed by atoms with van der Waals surface area (Å²) < 4.78 is 0. The highest BCUT2D eigenvalue weighted by atomic mass is 16.3. The molecule has 1 saturated heterocycles. The molecular weight excluding hydrogens is 394 g/mol. The molecule has 0 atom stereocenters. The summed E-state index contributed by atoms with van der Waals surface area (Å²) in [6.07, 6.45) is 2.94. The number of H-pyrrole nitrogens is 1. The molecule has 1 fully saturated rings. The molecule has 3 aromatic carbocycles. The third-order valence-corrected chi connectivity index (χ3v) is 5.75. The Morgan fingerprint density at radius 1 is 1.03 bits per heavy atom. The molecule has 0 aliphatic carbocycles.